The van der Waals surface area contributed by atoms with E-state index in [9.17, 15) is 5.11 Å². The van der Waals surface area contributed by atoms with Crippen molar-refractivity contribution in [3.05, 3.63) is 58.7 Å². The van der Waals surface area contributed by atoms with Crippen LogP contribution in [-0.2, 0) is 6.42 Å². The molecule has 1 heteroatoms. The van der Waals surface area contributed by atoms with Crippen LogP contribution in [0, 0.1) is 13.8 Å². The molecule has 0 heterocycles. The van der Waals surface area contributed by atoms with Crippen molar-refractivity contribution in [3.63, 3.8) is 0 Å². The van der Waals surface area contributed by atoms with Crippen LogP contribution in [0.25, 0.3) is 17.2 Å². The molecular weight excluding hydrogens is 220 g/mol. The number of fused-ring (bicyclic) bond motifs is 1. The average Bonchev–Trinajstić information content (AvgIpc) is 2.82. The Morgan fingerprint density at radius 1 is 0.944 bits per heavy atom. The van der Waals surface area contributed by atoms with E-state index in [1.54, 1.807) is 0 Å². The molecule has 0 amide bonds. The second-order valence-electron chi connectivity index (χ2n) is 4.98. The van der Waals surface area contributed by atoms with Crippen molar-refractivity contribution >= 4 is 6.08 Å². The number of hydrogen-bond donors (Lipinski definition) is 1. The molecule has 2 aromatic rings. The smallest absolute Gasteiger partial charge is 0.121 e. The highest BCUT2D eigenvalue weighted by Crippen LogP contribution is 2.31. The summed E-state index contributed by atoms with van der Waals surface area (Å²) >= 11 is 0. The number of hydrogen-bond acceptors (Lipinski definition) is 1. The zero-order valence-electron chi connectivity index (χ0n) is 10.7. The minimum atomic E-state index is 0.404. The first kappa shape index (κ1) is 11.1. The molecule has 1 nitrogen and oxygen atoms in total. The summed E-state index contributed by atoms with van der Waals surface area (Å²) in [5, 5.41) is 9.82. The van der Waals surface area contributed by atoms with Gasteiger partial charge in [0.1, 0.15) is 5.75 Å². The molecule has 3 rings (SSSR count). The van der Waals surface area contributed by atoms with Crippen LogP contribution in [0.1, 0.15) is 22.3 Å². The van der Waals surface area contributed by atoms with E-state index in [4.69, 9.17) is 0 Å². The van der Waals surface area contributed by atoms with Gasteiger partial charge in [-0.3, -0.25) is 0 Å². The Morgan fingerprint density at radius 3 is 2.39 bits per heavy atom. The molecule has 0 radical (unpaired) electrons. The summed E-state index contributed by atoms with van der Waals surface area (Å²) in [6.07, 6.45) is 5.40. The maximum atomic E-state index is 9.82. The highest BCUT2D eigenvalue weighted by atomic mass is 16.3. The predicted molar refractivity (Wildman–Crippen MR) is 75.8 cm³/mol. The van der Waals surface area contributed by atoms with Gasteiger partial charge in [0.25, 0.3) is 0 Å². The largest absolute Gasteiger partial charge is 0.507 e. The SMILES string of the molecule is Cc1cc(-c2ccc3c(c2)CC=C3)cc(C)c1O. The van der Waals surface area contributed by atoms with Gasteiger partial charge in [-0.2, -0.15) is 0 Å². The van der Waals surface area contributed by atoms with Crippen molar-refractivity contribution in [3.8, 4) is 16.9 Å². The van der Waals surface area contributed by atoms with Crippen LogP contribution in [0.15, 0.2) is 36.4 Å². The first-order chi connectivity index (χ1) is 8.65. The third-order valence-electron chi connectivity index (χ3n) is 3.60. The van der Waals surface area contributed by atoms with E-state index in [0.717, 1.165) is 17.5 Å². The Kier molecular flexibility index (Phi) is 2.48. The molecule has 0 atom stereocenters. The van der Waals surface area contributed by atoms with E-state index in [2.05, 4.69) is 30.4 Å². The molecule has 1 N–H and O–H groups in total. The fraction of sp³-hybridized carbons (Fsp3) is 0.176. The van der Waals surface area contributed by atoms with Crippen LogP contribution in [0.3, 0.4) is 0 Å². The summed E-state index contributed by atoms with van der Waals surface area (Å²) in [6.45, 7) is 3.89. The molecule has 1 aliphatic carbocycles. The standard InChI is InChI=1S/C17H16O/c1-11-8-16(9-12(2)17(11)18)15-7-6-13-4-3-5-14(13)10-15/h3-4,6-10,18H,5H2,1-2H3. The molecule has 2 aromatic carbocycles. The Morgan fingerprint density at radius 2 is 1.67 bits per heavy atom. The second-order valence-corrected chi connectivity index (χ2v) is 4.98. The first-order valence-electron chi connectivity index (χ1n) is 6.25. The van der Waals surface area contributed by atoms with Gasteiger partial charge in [0.15, 0.2) is 0 Å². The third kappa shape index (κ3) is 1.72. The van der Waals surface area contributed by atoms with Crippen molar-refractivity contribution in [2.75, 3.05) is 0 Å². The maximum absolute atomic E-state index is 9.82. The van der Waals surface area contributed by atoms with Crippen LogP contribution in [-0.4, -0.2) is 5.11 Å². The molecule has 0 fully saturated rings. The number of allylic oxidation sites excluding steroid dienone is 1. The molecule has 1 aliphatic rings. The van der Waals surface area contributed by atoms with Crippen LogP contribution < -0.4 is 0 Å². The van der Waals surface area contributed by atoms with E-state index in [0.29, 0.717) is 5.75 Å². The van der Waals surface area contributed by atoms with Crippen molar-refractivity contribution in [1.29, 1.82) is 0 Å². The lowest BCUT2D eigenvalue weighted by Crippen LogP contribution is -1.87. The van der Waals surface area contributed by atoms with Gasteiger partial charge < -0.3 is 5.11 Å². The lowest BCUT2D eigenvalue weighted by Gasteiger charge is -2.09. The number of rotatable bonds is 1. The summed E-state index contributed by atoms with van der Waals surface area (Å²) in [6, 6.07) is 10.7. The van der Waals surface area contributed by atoms with Gasteiger partial charge in [0.2, 0.25) is 0 Å². The summed E-state index contributed by atoms with van der Waals surface area (Å²) in [4.78, 5) is 0. The van der Waals surface area contributed by atoms with E-state index in [1.807, 2.05) is 26.0 Å². The monoisotopic (exact) mass is 236 g/mol. The molecule has 0 saturated carbocycles. The van der Waals surface area contributed by atoms with Gasteiger partial charge in [-0.15, -0.1) is 0 Å². The molecule has 0 saturated heterocycles. The van der Waals surface area contributed by atoms with Gasteiger partial charge in [0, 0.05) is 0 Å². The van der Waals surface area contributed by atoms with Crippen molar-refractivity contribution in [1.82, 2.24) is 0 Å². The van der Waals surface area contributed by atoms with E-state index in [1.165, 1.54) is 22.3 Å². The van der Waals surface area contributed by atoms with Crippen molar-refractivity contribution < 1.29 is 5.11 Å². The van der Waals surface area contributed by atoms with Crippen LogP contribution in [0.2, 0.25) is 0 Å². The Balaban J connectivity index is 2.11. The van der Waals surface area contributed by atoms with Crippen molar-refractivity contribution in [2.24, 2.45) is 0 Å². The van der Waals surface area contributed by atoms with E-state index < -0.39 is 0 Å². The molecule has 18 heavy (non-hydrogen) atoms. The fourth-order valence-electron chi connectivity index (χ4n) is 2.56. The minimum absolute atomic E-state index is 0.404. The number of benzene rings is 2. The van der Waals surface area contributed by atoms with E-state index >= 15 is 0 Å². The van der Waals surface area contributed by atoms with Crippen LogP contribution >= 0.6 is 0 Å². The Bertz CT molecular complexity index is 628. The molecule has 0 unspecified atom stereocenters. The van der Waals surface area contributed by atoms with Crippen LogP contribution in [0.5, 0.6) is 5.75 Å². The first-order valence-corrected chi connectivity index (χ1v) is 6.25. The van der Waals surface area contributed by atoms with Gasteiger partial charge in [-0.25, -0.2) is 0 Å². The lowest BCUT2D eigenvalue weighted by atomic mass is 9.97. The second kappa shape index (κ2) is 4.02. The molecule has 0 aromatic heterocycles. The fourth-order valence-corrected chi connectivity index (χ4v) is 2.56. The van der Waals surface area contributed by atoms with Gasteiger partial charge in [-0.05, 0) is 65.8 Å². The molecule has 0 bridgehead atoms. The number of phenols is 1. The van der Waals surface area contributed by atoms with E-state index in [-0.39, 0.29) is 0 Å². The molecule has 0 spiro atoms. The summed E-state index contributed by atoms with van der Waals surface area (Å²) in [5.74, 6) is 0.404. The molecule has 90 valence electrons. The van der Waals surface area contributed by atoms with Gasteiger partial charge >= 0.3 is 0 Å². The highest BCUT2D eigenvalue weighted by Gasteiger charge is 2.09. The number of phenolic OH excluding ortho intramolecular Hbond substituents is 1. The normalized spacial score (nSPS) is 12.8. The van der Waals surface area contributed by atoms with Gasteiger partial charge in [-0.1, -0.05) is 30.4 Å². The summed E-state index contributed by atoms with van der Waals surface area (Å²) in [7, 11) is 0. The zero-order chi connectivity index (χ0) is 12.7. The Labute approximate surface area is 107 Å². The van der Waals surface area contributed by atoms with Crippen molar-refractivity contribution in [2.45, 2.75) is 20.3 Å². The summed E-state index contributed by atoms with van der Waals surface area (Å²) < 4.78 is 0. The summed E-state index contributed by atoms with van der Waals surface area (Å²) in [5.41, 5.74) is 6.98. The average molecular weight is 236 g/mol. The number of aryl methyl sites for hydroxylation is 2. The quantitative estimate of drug-likeness (QED) is 0.785. The molecular formula is C17H16O. The Hall–Kier alpha value is -2.02. The number of aromatic hydroxyl groups is 1. The predicted octanol–water partition coefficient (Wildman–Crippen LogP) is 4.25. The molecule has 0 aliphatic heterocycles. The topological polar surface area (TPSA) is 20.2 Å². The van der Waals surface area contributed by atoms with Crippen LogP contribution in [0.4, 0.5) is 0 Å². The lowest BCUT2D eigenvalue weighted by molar-refractivity contribution is 0.467. The minimum Gasteiger partial charge on any atom is -0.507 e. The van der Waals surface area contributed by atoms with Gasteiger partial charge in [0.05, 0.1) is 0 Å². The maximum Gasteiger partial charge on any atom is 0.121 e. The highest BCUT2D eigenvalue weighted by molar-refractivity contribution is 5.72. The zero-order valence-corrected chi connectivity index (χ0v) is 10.7. The third-order valence-corrected chi connectivity index (χ3v) is 3.60.